The van der Waals surface area contributed by atoms with E-state index >= 15 is 0 Å². The quantitative estimate of drug-likeness (QED) is 0.285. The molecule has 2 aliphatic carbocycles. The molecule has 22 heavy (non-hydrogen) atoms. The summed E-state index contributed by atoms with van der Waals surface area (Å²) >= 11 is 0. The molecule has 1 N–H and O–H groups in total. The van der Waals surface area contributed by atoms with Crippen LogP contribution in [0.15, 0.2) is 0 Å². The Morgan fingerprint density at radius 1 is 0.818 bits per heavy atom. The fourth-order valence-corrected chi connectivity index (χ4v) is 3.43. The first-order chi connectivity index (χ1) is 10.7. The number of nitrogens with zero attached hydrogens (tertiary/aromatic N) is 4. The van der Waals surface area contributed by atoms with Gasteiger partial charge in [0.15, 0.2) is 18.2 Å². The van der Waals surface area contributed by atoms with Crippen molar-refractivity contribution in [1.82, 2.24) is 0 Å². The largest absolute Gasteiger partial charge is 0.622 e. The average molecular weight is 303 g/mol. The van der Waals surface area contributed by atoms with Crippen LogP contribution in [0.4, 0.5) is 0 Å². The molecule has 2 fully saturated rings. The zero-order valence-corrected chi connectivity index (χ0v) is 12.9. The lowest BCUT2D eigenvalue weighted by molar-refractivity contribution is -0.799. The van der Waals surface area contributed by atoms with Gasteiger partial charge < -0.3 is 5.21 Å². The second kappa shape index (κ2) is 7.79. The van der Waals surface area contributed by atoms with Gasteiger partial charge in [-0.05, 0) is 30.4 Å². The first-order valence-corrected chi connectivity index (χ1v) is 8.18. The van der Waals surface area contributed by atoms with Gasteiger partial charge in [0, 0.05) is 25.7 Å². The summed E-state index contributed by atoms with van der Waals surface area (Å²) in [6, 6.07) is 3.27. The molecule has 0 atom stereocenters. The monoisotopic (exact) mass is 303 g/mol. The molecular formula is C16H23N4O2+. The molecule has 0 spiro atoms. The highest BCUT2D eigenvalue weighted by molar-refractivity contribution is 6.49. The minimum atomic E-state index is -0.258. The summed E-state index contributed by atoms with van der Waals surface area (Å²) < 4.78 is 1.52. The fraction of sp³-hybridized carbons (Fsp3) is 0.750. The van der Waals surface area contributed by atoms with Gasteiger partial charge in [0.1, 0.15) is 0 Å². The number of hydroxylamine groups is 2. The van der Waals surface area contributed by atoms with Crippen molar-refractivity contribution >= 4 is 11.4 Å². The molecule has 2 saturated carbocycles. The topological polar surface area (TPSA) is 96.9 Å². The van der Waals surface area contributed by atoms with Gasteiger partial charge in [-0.25, -0.2) is 0 Å². The summed E-state index contributed by atoms with van der Waals surface area (Å²) in [6.07, 6.45) is 9.19. The SMILES string of the molecule is N#CC(/C(C#N)=[N+](\O)C1CCCCC1)=[N+](/[O-])C1CCCCC1. The van der Waals surface area contributed by atoms with E-state index in [4.69, 9.17) is 0 Å². The molecule has 6 heteroatoms. The maximum atomic E-state index is 12.5. The lowest BCUT2D eigenvalue weighted by atomic mass is 9.95. The van der Waals surface area contributed by atoms with Crippen LogP contribution < -0.4 is 0 Å². The summed E-state index contributed by atoms with van der Waals surface area (Å²) in [7, 11) is 0. The fourth-order valence-electron chi connectivity index (χ4n) is 3.43. The summed E-state index contributed by atoms with van der Waals surface area (Å²) in [4.78, 5) is 0. The van der Waals surface area contributed by atoms with Crippen LogP contribution in [0.1, 0.15) is 64.2 Å². The highest BCUT2D eigenvalue weighted by Crippen LogP contribution is 2.21. The van der Waals surface area contributed by atoms with Gasteiger partial charge in [-0.2, -0.15) is 15.3 Å². The van der Waals surface area contributed by atoms with Crippen molar-refractivity contribution < 1.29 is 14.7 Å². The zero-order chi connectivity index (χ0) is 15.9. The van der Waals surface area contributed by atoms with E-state index in [1.54, 1.807) is 0 Å². The molecular weight excluding hydrogens is 280 g/mol. The van der Waals surface area contributed by atoms with Gasteiger partial charge in [-0.3, -0.25) is 5.21 Å². The van der Waals surface area contributed by atoms with E-state index in [0.717, 1.165) is 68.9 Å². The molecule has 2 aliphatic rings. The van der Waals surface area contributed by atoms with Crippen LogP contribution in [-0.4, -0.2) is 38.2 Å². The molecule has 0 aromatic heterocycles. The van der Waals surface area contributed by atoms with Gasteiger partial charge in [0.25, 0.3) is 0 Å². The minimum absolute atomic E-state index is 0.175. The van der Waals surface area contributed by atoms with E-state index in [0.29, 0.717) is 4.74 Å². The van der Waals surface area contributed by atoms with Crippen LogP contribution in [0.25, 0.3) is 0 Å². The molecule has 0 aromatic carbocycles. The van der Waals surface area contributed by atoms with Gasteiger partial charge in [-0.15, -0.1) is 0 Å². The Labute approximate surface area is 131 Å². The maximum absolute atomic E-state index is 12.5. The van der Waals surface area contributed by atoms with E-state index in [1.807, 2.05) is 12.1 Å². The molecule has 0 heterocycles. The number of hydrogen-bond donors (Lipinski definition) is 1. The second-order valence-corrected chi connectivity index (χ2v) is 6.17. The van der Waals surface area contributed by atoms with Crippen LogP contribution in [0.2, 0.25) is 0 Å². The Hall–Kier alpha value is -2.08. The molecule has 0 radical (unpaired) electrons. The van der Waals surface area contributed by atoms with Crippen molar-refractivity contribution in [3.8, 4) is 12.1 Å². The number of hydrogen-bond acceptors (Lipinski definition) is 4. The maximum Gasteiger partial charge on any atom is 0.410 e. The van der Waals surface area contributed by atoms with Crippen molar-refractivity contribution in [2.75, 3.05) is 0 Å². The Bertz CT molecular complexity index is 491. The lowest BCUT2D eigenvalue weighted by Crippen LogP contribution is -2.39. The second-order valence-electron chi connectivity index (χ2n) is 6.17. The third-order valence-electron chi connectivity index (χ3n) is 4.71. The van der Waals surface area contributed by atoms with E-state index in [1.165, 1.54) is 0 Å². The standard InChI is InChI=1S/C16H23N4O2/c17-11-15(19(21)13-7-3-1-4-8-13)16(12-18)20(22)14-9-5-2-6-10-14/h13-14,21H,1-10H2/q+1/b19-15-,20-16-. The minimum Gasteiger partial charge on any atom is -0.622 e. The van der Waals surface area contributed by atoms with Crippen molar-refractivity contribution in [3.05, 3.63) is 5.21 Å². The average Bonchev–Trinajstić information content (AvgIpc) is 2.60. The molecule has 118 valence electrons. The Balaban J connectivity index is 2.33. The van der Waals surface area contributed by atoms with Crippen molar-refractivity contribution in [3.63, 3.8) is 0 Å². The van der Waals surface area contributed by atoms with Crippen LogP contribution in [0, 0.1) is 27.9 Å². The molecule has 0 unspecified atom stereocenters. The van der Waals surface area contributed by atoms with Gasteiger partial charge in [0.05, 0.1) is 0 Å². The van der Waals surface area contributed by atoms with E-state index in [-0.39, 0.29) is 23.5 Å². The normalized spacial score (nSPS) is 23.0. The highest BCUT2D eigenvalue weighted by atomic mass is 16.5. The van der Waals surface area contributed by atoms with E-state index < -0.39 is 0 Å². The summed E-state index contributed by atoms with van der Waals surface area (Å²) in [5, 5.41) is 41.5. The lowest BCUT2D eigenvalue weighted by Gasteiger charge is -2.21. The smallest absolute Gasteiger partial charge is 0.410 e. The first-order valence-electron chi connectivity index (χ1n) is 8.18. The summed E-state index contributed by atoms with van der Waals surface area (Å²) in [6.45, 7) is 0. The Morgan fingerprint density at radius 3 is 1.73 bits per heavy atom. The Morgan fingerprint density at radius 2 is 1.27 bits per heavy atom. The van der Waals surface area contributed by atoms with Crippen LogP contribution in [0.5, 0.6) is 0 Å². The van der Waals surface area contributed by atoms with Crippen molar-refractivity contribution in [2.24, 2.45) is 0 Å². The molecule has 2 rings (SSSR count). The number of nitriles is 2. The predicted molar refractivity (Wildman–Crippen MR) is 80.7 cm³/mol. The predicted octanol–water partition coefficient (Wildman–Crippen LogP) is 2.49. The van der Waals surface area contributed by atoms with Gasteiger partial charge >= 0.3 is 11.4 Å². The summed E-state index contributed by atoms with van der Waals surface area (Å²) in [5.74, 6) is 0. The molecule has 0 amide bonds. The third-order valence-corrected chi connectivity index (χ3v) is 4.71. The molecule has 0 aromatic rings. The Kier molecular flexibility index (Phi) is 5.77. The van der Waals surface area contributed by atoms with Crippen LogP contribution >= 0.6 is 0 Å². The van der Waals surface area contributed by atoms with Crippen molar-refractivity contribution in [2.45, 2.75) is 76.3 Å². The third kappa shape index (κ3) is 3.57. The van der Waals surface area contributed by atoms with Crippen molar-refractivity contribution in [1.29, 1.82) is 10.5 Å². The molecule has 0 saturated heterocycles. The van der Waals surface area contributed by atoms with E-state index in [2.05, 4.69) is 0 Å². The molecule has 0 bridgehead atoms. The summed E-state index contributed by atoms with van der Waals surface area (Å²) in [5.41, 5.74) is -0.447. The highest BCUT2D eigenvalue weighted by Gasteiger charge is 2.37. The zero-order valence-electron chi connectivity index (χ0n) is 12.9. The first kappa shape index (κ1) is 16.3. The van der Waals surface area contributed by atoms with Gasteiger partial charge in [-0.1, -0.05) is 12.8 Å². The molecule has 0 aliphatic heterocycles. The van der Waals surface area contributed by atoms with Crippen LogP contribution in [0.3, 0.4) is 0 Å². The molecule has 6 nitrogen and oxygen atoms in total. The van der Waals surface area contributed by atoms with Gasteiger partial charge in [0.2, 0.25) is 6.04 Å². The van der Waals surface area contributed by atoms with Crippen LogP contribution in [-0.2, 0) is 0 Å². The number of rotatable bonds is 3. The van der Waals surface area contributed by atoms with E-state index in [9.17, 15) is 20.9 Å².